The van der Waals surface area contributed by atoms with Gasteiger partial charge in [0.1, 0.15) is 0 Å². The fraction of sp³-hybridized carbons (Fsp3) is 0.0649. The molecule has 0 spiro atoms. The lowest BCUT2D eigenvalue weighted by Crippen LogP contribution is -2.28. The van der Waals surface area contributed by atoms with Crippen molar-refractivity contribution in [1.82, 2.24) is 0 Å². The van der Waals surface area contributed by atoms with Gasteiger partial charge in [-0.2, -0.15) is 0 Å². The van der Waals surface area contributed by atoms with E-state index in [4.69, 9.17) is 0 Å². The lowest BCUT2D eigenvalue weighted by Gasteiger charge is -2.34. The van der Waals surface area contributed by atoms with Gasteiger partial charge in [0.2, 0.25) is 0 Å². The maximum Gasteiger partial charge on any atom is 0.0713 e. The Balaban J connectivity index is 0.922. The molecule has 12 aromatic carbocycles. The summed E-state index contributed by atoms with van der Waals surface area (Å²) in [7, 11) is 0. The van der Waals surface area contributed by atoms with E-state index in [9.17, 15) is 0 Å². The molecule has 15 rings (SSSR count). The van der Waals surface area contributed by atoms with Crippen molar-refractivity contribution >= 4 is 17.1 Å². The molecule has 78 heavy (non-hydrogen) atoms. The Morgan fingerprint density at radius 1 is 0.244 bits per heavy atom. The van der Waals surface area contributed by atoms with Crippen molar-refractivity contribution in [3.05, 3.63) is 353 Å². The van der Waals surface area contributed by atoms with Gasteiger partial charge in [-0.1, -0.05) is 269 Å². The van der Waals surface area contributed by atoms with Crippen molar-refractivity contribution in [1.29, 1.82) is 0 Å². The van der Waals surface area contributed by atoms with Gasteiger partial charge in [0, 0.05) is 22.4 Å². The monoisotopic (exact) mass is 993 g/mol. The van der Waals surface area contributed by atoms with Crippen LogP contribution in [-0.4, -0.2) is 0 Å². The molecule has 0 atom stereocenters. The van der Waals surface area contributed by atoms with Crippen LogP contribution < -0.4 is 4.90 Å². The molecule has 12 aromatic rings. The van der Waals surface area contributed by atoms with Gasteiger partial charge < -0.3 is 4.90 Å². The summed E-state index contributed by atoms with van der Waals surface area (Å²) in [4.78, 5) is 2.52. The van der Waals surface area contributed by atoms with Crippen LogP contribution in [0.4, 0.5) is 17.1 Å². The average Bonchev–Trinajstić information content (AvgIpc) is 3.67. The van der Waals surface area contributed by atoms with Gasteiger partial charge in [-0.05, 0) is 148 Å². The summed E-state index contributed by atoms with van der Waals surface area (Å²) >= 11 is 0. The second kappa shape index (κ2) is 17.8. The first-order chi connectivity index (χ1) is 38.5. The van der Waals surface area contributed by atoms with Gasteiger partial charge in [0.25, 0.3) is 0 Å². The van der Waals surface area contributed by atoms with Gasteiger partial charge in [-0.15, -0.1) is 0 Å². The van der Waals surface area contributed by atoms with Crippen molar-refractivity contribution < 1.29 is 0 Å². The smallest absolute Gasteiger partial charge is 0.0713 e. The Kier molecular flexibility index (Phi) is 10.4. The second-order valence-electron chi connectivity index (χ2n) is 21.9. The quantitative estimate of drug-likeness (QED) is 0.139. The Labute approximate surface area is 458 Å². The molecular weight excluding hydrogens is 939 g/mol. The molecule has 3 aliphatic carbocycles. The number of hydrogen-bond acceptors (Lipinski definition) is 1. The molecule has 0 heterocycles. The van der Waals surface area contributed by atoms with E-state index < -0.39 is 10.8 Å². The van der Waals surface area contributed by atoms with E-state index in [1.807, 2.05) is 0 Å². The van der Waals surface area contributed by atoms with Crippen LogP contribution >= 0.6 is 0 Å². The summed E-state index contributed by atoms with van der Waals surface area (Å²) in [6.45, 7) is 4.75. The first kappa shape index (κ1) is 45.8. The second-order valence-corrected chi connectivity index (χ2v) is 21.9. The van der Waals surface area contributed by atoms with Gasteiger partial charge >= 0.3 is 0 Å². The standard InChI is InChI=1S/C77H55N/c1-75(2)67-39-18-17-38-66(67)74-70(75)42-23-43-73(74)78(60-34-21-24-52(48-60)54-44-46-64-62-36-15-19-40-68(62)76(71(64)50-54,56-26-7-3-8-27-56)57-28-9-4-10-29-57)61-35-22-25-53(49-61)55-45-47-65-63-37-16-20-41-69(63)77(72(65)51-55,58-30-11-5-12-31-58)59-32-13-6-14-33-59/h3-51H,1-2H3. The van der Waals surface area contributed by atoms with Crippen molar-refractivity contribution in [3.8, 4) is 55.6 Å². The minimum atomic E-state index is -0.498. The van der Waals surface area contributed by atoms with E-state index in [2.05, 4.69) is 316 Å². The van der Waals surface area contributed by atoms with Crippen molar-refractivity contribution in [2.75, 3.05) is 4.90 Å². The number of anilines is 3. The van der Waals surface area contributed by atoms with E-state index in [-0.39, 0.29) is 5.41 Å². The summed E-state index contributed by atoms with van der Waals surface area (Å²) in [5, 5.41) is 0. The van der Waals surface area contributed by atoms with Crippen LogP contribution in [0.5, 0.6) is 0 Å². The van der Waals surface area contributed by atoms with Crippen LogP contribution in [-0.2, 0) is 16.2 Å². The predicted octanol–water partition coefficient (Wildman–Crippen LogP) is 19.5. The SMILES string of the molecule is CC1(C)c2ccccc2-c2c(N(c3cccc(-c4ccc5c(c4)C(c4ccccc4)(c4ccccc4)c4ccccc4-5)c3)c3cccc(-c4ccc5c(c4)C(c4ccccc4)(c4ccccc4)c4ccccc4-5)c3)cccc21. The van der Waals surface area contributed by atoms with E-state index in [0.717, 1.165) is 28.2 Å². The lowest BCUT2D eigenvalue weighted by atomic mass is 9.67. The topological polar surface area (TPSA) is 3.24 Å². The van der Waals surface area contributed by atoms with Gasteiger partial charge in [-0.25, -0.2) is 0 Å². The lowest BCUT2D eigenvalue weighted by molar-refractivity contribution is 0.660. The van der Waals surface area contributed by atoms with Gasteiger partial charge in [-0.3, -0.25) is 0 Å². The Hall–Kier alpha value is -9.56. The molecule has 0 radical (unpaired) electrons. The predicted molar refractivity (Wildman–Crippen MR) is 324 cm³/mol. The van der Waals surface area contributed by atoms with Gasteiger partial charge in [0.05, 0.1) is 16.5 Å². The molecule has 0 N–H and O–H groups in total. The Bertz CT molecular complexity index is 3980. The number of nitrogens with zero attached hydrogens (tertiary/aromatic N) is 1. The maximum atomic E-state index is 2.52. The molecule has 0 saturated heterocycles. The van der Waals surface area contributed by atoms with Crippen LogP contribution in [0.1, 0.15) is 69.5 Å². The van der Waals surface area contributed by atoms with E-state index in [0.29, 0.717) is 0 Å². The molecule has 0 fully saturated rings. The number of fused-ring (bicyclic) bond motifs is 9. The van der Waals surface area contributed by atoms with Crippen molar-refractivity contribution in [3.63, 3.8) is 0 Å². The fourth-order valence-electron chi connectivity index (χ4n) is 14.2. The van der Waals surface area contributed by atoms with Crippen LogP contribution in [0.3, 0.4) is 0 Å². The molecule has 0 aromatic heterocycles. The first-order valence-electron chi connectivity index (χ1n) is 27.4. The minimum absolute atomic E-state index is 0.171. The summed E-state index contributed by atoms with van der Waals surface area (Å²) in [6, 6.07) is 111. The molecule has 0 saturated carbocycles. The van der Waals surface area contributed by atoms with Crippen molar-refractivity contribution in [2.24, 2.45) is 0 Å². The van der Waals surface area contributed by atoms with Gasteiger partial charge in [0.15, 0.2) is 0 Å². The summed E-state index contributed by atoms with van der Waals surface area (Å²) in [6.07, 6.45) is 0. The Morgan fingerprint density at radius 2 is 0.590 bits per heavy atom. The highest BCUT2D eigenvalue weighted by molar-refractivity contribution is 5.97. The van der Waals surface area contributed by atoms with Crippen LogP contribution in [0.25, 0.3) is 55.6 Å². The molecule has 3 aliphatic rings. The molecule has 368 valence electrons. The van der Waals surface area contributed by atoms with Crippen LogP contribution in [0, 0.1) is 0 Å². The molecule has 0 amide bonds. The van der Waals surface area contributed by atoms with E-state index >= 15 is 0 Å². The zero-order valence-corrected chi connectivity index (χ0v) is 43.7. The molecule has 0 bridgehead atoms. The van der Waals surface area contributed by atoms with Crippen LogP contribution in [0.15, 0.2) is 297 Å². The third-order valence-electron chi connectivity index (χ3n) is 17.6. The minimum Gasteiger partial charge on any atom is -0.310 e. The zero-order chi connectivity index (χ0) is 52.0. The number of hydrogen-bond donors (Lipinski definition) is 0. The fourth-order valence-corrected chi connectivity index (χ4v) is 14.2. The Morgan fingerprint density at radius 3 is 1.04 bits per heavy atom. The molecule has 1 heteroatoms. The molecule has 1 nitrogen and oxygen atoms in total. The highest BCUT2D eigenvalue weighted by Crippen LogP contribution is 2.60. The maximum absolute atomic E-state index is 2.52. The highest BCUT2D eigenvalue weighted by atomic mass is 15.1. The number of benzene rings is 12. The normalized spacial score (nSPS) is 14.3. The van der Waals surface area contributed by atoms with Crippen LogP contribution in [0.2, 0.25) is 0 Å². The average molecular weight is 994 g/mol. The third-order valence-corrected chi connectivity index (χ3v) is 17.6. The molecule has 0 aliphatic heterocycles. The molecule has 0 unspecified atom stereocenters. The summed E-state index contributed by atoms with van der Waals surface area (Å²) in [5.74, 6) is 0. The zero-order valence-electron chi connectivity index (χ0n) is 43.7. The van der Waals surface area contributed by atoms with E-state index in [1.54, 1.807) is 0 Å². The highest BCUT2D eigenvalue weighted by Gasteiger charge is 2.48. The van der Waals surface area contributed by atoms with Crippen molar-refractivity contribution in [2.45, 2.75) is 30.1 Å². The number of rotatable bonds is 9. The molecular formula is C77H55N. The largest absolute Gasteiger partial charge is 0.310 e. The van der Waals surface area contributed by atoms with E-state index in [1.165, 1.54) is 100 Å². The third kappa shape index (κ3) is 6.61. The first-order valence-corrected chi connectivity index (χ1v) is 27.4. The summed E-state index contributed by atoms with van der Waals surface area (Å²) in [5.41, 5.74) is 27.5. The summed E-state index contributed by atoms with van der Waals surface area (Å²) < 4.78 is 0.